The number of rotatable bonds is 2. The van der Waals surface area contributed by atoms with Gasteiger partial charge in [0.1, 0.15) is 0 Å². The van der Waals surface area contributed by atoms with Gasteiger partial charge in [-0.25, -0.2) is 4.98 Å². The van der Waals surface area contributed by atoms with E-state index < -0.39 is 0 Å². The third-order valence-corrected chi connectivity index (χ3v) is 3.53. The molecular formula is C18H14ClN. The van der Waals surface area contributed by atoms with Crippen LogP contribution in [-0.4, -0.2) is 4.98 Å². The number of nitrogens with zero attached hydrogens (tertiary/aromatic N) is 1. The summed E-state index contributed by atoms with van der Waals surface area (Å²) < 4.78 is 0. The molecular weight excluding hydrogens is 266 g/mol. The molecule has 3 aromatic rings. The van der Waals surface area contributed by atoms with Crippen LogP contribution in [0.15, 0.2) is 54.6 Å². The summed E-state index contributed by atoms with van der Waals surface area (Å²) in [6.07, 6.45) is 4.12. The molecule has 98 valence electrons. The number of hydrogen-bond donors (Lipinski definition) is 0. The zero-order valence-corrected chi connectivity index (χ0v) is 11.9. The van der Waals surface area contributed by atoms with Crippen molar-refractivity contribution in [3.63, 3.8) is 0 Å². The second-order valence-electron chi connectivity index (χ2n) is 4.76. The van der Waals surface area contributed by atoms with Gasteiger partial charge in [-0.2, -0.15) is 0 Å². The smallest absolute Gasteiger partial charge is 0.0724 e. The molecule has 2 aromatic carbocycles. The van der Waals surface area contributed by atoms with Gasteiger partial charge in [-0.15, -0.1) is 0 Å². The predicted molar refractivity (Wildman–Crippen MR) is 86.9 cm³/mol. The maximum absolute atomic E-state index is 6.01. The van der Waals surface area contributed by atoms with E-state index >= 15 is 0 Å². The summed E-state index contributed by atoms with van der Waals surface area (Å²) in [5, 5.41) is 1.81. The van der Waals surface area contributed by atoms with Gasteiger partial charge in [0.05, 0.1) is 11.2 Å². The first kappa shape index (κ1) is 12.9. The lowest BCUT2D eigenvalue weighted by Gasteiger charge is -2.01. The van der Waals surface area contributed by atoms with E-state index in [-0.39, 0.29) is 0 Å². The summed E-state index contributed by atoms with van der Waals surface area (Å²) in [7, 11) is 0. The van der Waals surface area contributed by atoms with Gasteiger partial charge < -0.3 is 0 Å². The molecule has 0 N–H and O–H groups in total. The van der Waals surface area contributed by atoms with Gasteiger partial charge in [-0.3, -0.25) is 0 Å². The molecule has 0 spiro atoms. The van der Waals surface area contributed by atoms with Crippen LogP contribution < -0.4 is 0 Å². The Kier molecular flexibility index (Phi) is 3.53. The maximum Gasteiger partial charge on any atom is 0.0724 e. The Balaban J connectivity index is 1.97. The minimum atomic E-state index is 0.713. The second kappa shape index (κ2) is 5.48. The first-order valence-corrected chi connectivity index (χ1v) is 6.90. The quantitative estimate of drug-likeness (QED) is 0.615. The highest BCUT2D eigenvalue weighted by Crippen LogP contribution is 2.19. The topological polar surface area (TPSA) is 12.9 Å². The number of aromatic nitrogens is 1. The predicted octanol–water partition coefficient (Wildman–Crippen LogP) is 5.37. The molecule has 0 radical (unpaired) electrons. The van der Waals surface area contributed by atoms with Crippen molar-refractivity contribution in [3.05, 3.63) is 76.4 Å². The normalized spacial score (nSPS) is 11.3. The van der Waals surface area contributed by atoms with Crippen LogP contribution in [-0.2, 0) is 0 Å². The molecule has 0 aliphatic carbocycles. The standard InChI is InChI=1S/C18H14ClN/c1-13-4-2-3-5-14(13)7-10-17-11-8-15-6-9-16(19)12-18(15)20-17/h2-12H,1H3/b10-7+. The Morgan fingerprint density at radius 2 is 1.75 bits per heavy atom. The van der Waals surface area contributed by atoms with Crippen molar-refractivity contribution in [2.24, 2.45) is 0 Å². The highest BCUT2D eigenvalue weighted by Gasteiger charge is 1.98. The molecule has 1 aromatic heterocycles. The van der Waals surface area contributed by atoms with E-state index in [9.17, 15) is 0 Å². The van der Waals surface area contributed by atoms with E-state index in [1.165, 1.54) is 11.1 Å². The van der Waals surface area contributed by atoms with Crippen LogP contribution in [0.1, 0.15) is 16.8 Å². The Bertz CT molecular complexity index is 790. The van der Waals surface area contributed by atoms with Crippen molar-refractivity contribution >= 4 is 34.7 Å². The van der Waals surface area contributed by atoms with Gasteiger partial charge >= 0.3 is 0 Å². The van der Waals surface area contributed by atoms with Gasteiger partial charge in [0.2, 0.25) is 0 Å². The highest BCUT2D eigenvalue weighted by atomic mass is 35.5. The van der Waals surface area contributed by atoms with Crippen molar-refractivity contribution in [3.8, 4) is 0 Å². The summed E-state index contributed by atoms with van der Waals surface area (Å²) in [4.78, 5) is 4.61. The number of hydrogen-bond acceptors (Lipinski definition) is 1. The SMILES string of the molecule is Cc1ccccc1/C=C/c1ccc2ccc(Cl)cc2n1. The van der Waals surface area contributed by atoms with Crippen LogP contribution in [0.4, 0.5) is 0 Å². The van der Waals surface area contributed by atoms with Crippen molar-refractivity contribution in [2.75, 3.05) is 0 Å². The van der Waals surface area contributed by atoms with Crippen LogP contribution >= 0.6 is 11.6 Å². The second-order valence-corrected chi connectivity index (χ2v) is 5.20. The Morgan fingerprint density at radius 1 is 0.950 bits per heavy atom. The number of pyridine rings is 1. The zero-order valence-electron chi connectivity index (χ0n) is 11.2. The van der Waals surface area contributed by atoms with Crippen LogP contribution in [0.25, 0.3) is 23.1 Å². The van der Waals surface area contributed by atoms with Crippen molar-refractivity contribution in [2.45, 2.75) is 6.92 Å². The monoisotopic (exact) mass is 279 g/mol. The molecule has 0 aliphatic rings. The van der Waals surface area contributed by atoms with Crippen LogP contribution in [0, 0.1) is 6.92 Å². The number of benzene rings is 2. The lowest BCUT2D eigenvalue weighted by atomic mass is 10.1. The van der Waals surface area contributed by atoms with Crippen molar-refractivity contribution < 1.29 is 0 Å². The van der Waals surface area contributed by atoms with Gasteiger partial charge in [-0.1, -0.05) is 54.1 Å². The molecule has 0 saturated carbocycles. The fraction of sp³-hybridized carbons (Fsp3) is 0.0556. The molecule has 0 unspecified atom stereocenters. The summed E-state index contributed by atoms with van der Waals surface area (Å²) in [6.45, 7) is 2.10. The van der Waals surface area contributed by atoms with E-state index in [4.69, 9.17) is 11.6 Å². The summed E-state index contributed by atoms with van der Waals surface area (Å²) in [5.74, 6) is 0. The lowest BCUT2D eigenvalue weighted by Crippen LogP contribution is -1.84. The van der Waals surface area contributed by atoms with E-state index in [1.807, 2.05) is 42.5 Å². The Hall–Kier alpha value is -2.12. The molecule has 0 bridgehead atoms. The lowest BCUT2D eigenvalue weighted by molar-refractivity contribution is 1.37. The van der Waals surface area contributed by atoms with E-state index in [0.717, 1.165) is 16.6 Å². The first-order valence-electron chi connectivity index (χ1n) is 6.52. The Labute approximate surface area is 123 Å². The minimum absolute atomic E-state index is 0.713. The molecule has 0 atom stereocenters. The highest BCUT2D eigenvalue weighted by molar-refractivity contribution is 6.31. The fourth-order valence-electron chi connectivity index (χ4n) is 2.15. The Morgan fingerprint density at radius 3 is 2.60 bits per heavy atom. The average Bonchev–Trinajstić information content (AvgIpc) is 2.46. The van der Waals surface area contributed by atoms with Crippen LogP contribution in [0.3, 0.4) is 0 Å². The number of fused-ring (bicyclic) bond motifs is 1. The molecule has 1 heterocycles. The molecule has 20 heavy (non-hydrogen) atoms. The van der Waals surface area contributed by atoms with Gasteiger partial charge in [0, 0.05) is 10.4 Å². The van der Waals surface area contributed by atoms with Crippen LogP contribution in [0.2, 0.25) is 5.02 Å². The van der Waals surface area contributed by atoms with Crippen molar-refractivity contribution in [1.29, 1.82) is 0 Å². The fourth-order valence-corrected chi connectivity index (χ4v) is 2.31. The molecule has 3 rings (SSSR count). The zero-order chi connectivity index (χ0) is 13.9. The maximum atomic E-state index is 6.01. The summed E-state index contributed by atoms with van der Waals surface area (Å²) in [6, 6.07) is 18.1. The largest absolute Gasteiger partial charge is 0.248 e. The average molecular weight is 280 g/mol. The number of aryl methyl sites for hydroxylation is 1. The number of halogens is 1. The third kappa shape index (κ3) is 2.73. The molecule has 2 heteroatoms. The van der Waals surface area contributed by atoms with E-state index in [2.05, 4.69) is 36.2 Å². The van der Waals surface area contributed by atoms with Crippen LogP contribution in [0.5, 0.6) is 0 Å². The summed E-state index contributed by atoms with van der Waals surface area (Å²) >= 11 is 6.01. The molecule has 0 fully saturated rings. The molecule has 0 amide bonds. The van der Waals surface area contributed by atoms with Gasteiger partial charge in [0.25, 0.3) is 0 Å². The van der Waals surface area contributed by atoms with Crippen molar-refractivity contribution in [1.82, 2.24) is 4.98 Å². The van der Waals surface area contributed by atoms with Gasteiger partial charge in [-0.05, 0) is 42.3 Å². The molecule has 0 saturated heterocycles. The van der Waals surface area contributed by atoms with Gasteiger partial charge in [0.15, 0.2) is 0 Å². The van der Waals surface area contributed by atoms with E-state index in [0.29, 0.717) is 5.02 Å². The summed E-state index contributed by atoms with van der Waals surface area (Å²) in [5.41, 5.74) is 4.32. The molecule has 1 nitrogen and oxygen atoms in total. The third-order valence-electron chi connectivity index (χ3n) is 3.30. The van der Waals surface area contributed by atoms with E-state index in [1.54, 1.807) is 0 Å². The first-order chi connectivity index (χ1) is 9.72. The minimum Gasteiger partial charge on any atom is -0.248 e. The molecule has 0 aliphatic heterocycles.